The summed E-state index contributed by atoms with van der Waals surface area (Å²) in [6, 6.07) is 6.84. The van der Waals surface area contributed by atoms with Gasteiger partial charge in [-0.25, -0.2) is 9.55 Å². The third kappa shape index (κ3) is 6.28. The Labute approximate surface area is 205 Å². The molecule has 5 N–H and O–H groups in total. The molecule has 5 atom stereocenters. The summed E-state index contributed by atoms with van der Waals surface area (Å²) in [5, 5.41) is 22.9. The number of hydrogen-bond donors (Lipinski definition) is 4. The van der Waals surface area contributed by atoms with Crippen molar-refractivity contribution in [1.82, 2.24) is 14.6 Å². The minimum absolute atomic E-state index is 0.150. The zero-order valence-electron chi connectivity index (χ0n) is 19.6. The number of benzene rings is 1. The normalized spacial score (nSPS) is 22.2. The quantitative estimate of drug-likeness (QED) is 0.236. The fourth-order valence-electron chi connectivity index (χ4n) is 3.19. The number of carbonyl (C=O) groups is 3. The number of ketones is 1. The van der Waals surface area contributed by atoms with Gasteiger partial charge >= 0.3 is 13.7 Å². The van der Waals surface area contributed by atoms with Gasteiger partial charge in [0.1, 0.15) is 24.2 Å². The number of esters is 1. The van der Waals surface area contributed by atoms with E-state index in [1.807, 2.05) is 0 Å². The van der Waals surface area contributed by atoms with Gasteiger partial charge in [0.15, 0.2) is 23.8 Å². The molecule has 1 aliphatic heterocycles. The predicted molar refractivity (Wildman–Crippen MR) is 122 cm³/mol. The first-order valence-electron chi connectivity index (χ1n) is 10.8. The van der Waals surface area contributed by atoms with Crippen LogP contribution in [0.25, 0.3) is 0 Å². The molecule has 0 radical (unpaired) electrons. The van der Waals surface area contributed by atoms with Crippen LogP contribution in [0.15, 0.2) is 36.7 Å². The number of para-hydroxylation sites is 1. The average molecular weight is 526 g/mol. The molecule has 2 heterocycles. The molecule has 1 fully saturated rings. The second kappa shape index (κ2) is 11.2. The minimum atomic E-state index is -4.30. The summed E-state index contributed by atoms with van der Waals surface area (Å²) < 4.78 is 35.9. The third-order valence-electron chi connectivity index (χ3n) is 4.88. The standard InChI is InChI=1S/C21H27N4O10P/c1-11(2)33-21(30)12(3)24-36(31,35-13-7-5-4-6-8-13)32-9-14-16(26)17(27)20(34-14)25-10-23-15(18(22)28)19(25)29/h4-8,10-12,14,17,20,27,29H,9H2,1-3H3,(H2,22,28)(H,24,31)/t12-,14+,17+,20+,36?/m0/s1. The maximum Gasteiger partial charge on any atom is 0.459 e. The molecule has 0 aliphatic carbocycles. The van der Waals surface area contributed by atoms with Gasteiger partial charge in [0.05, 0.1) is 12.7 Å². The van der Waals surface area contributed by atoms with Crippen molar-refractivity contribution in [2.45, 2.75) is 51.4 Å². The van der Waals surface area contributed by atoms with Crippen LogP contribution in [-0.2, 0) is 28.2 Å². The number of aromatic nitrogens is 2. The van der Waals surface area contributed by atoms with Gasteiger partial charge in [0.2, 0.25) is 5.88 Å². The monoisotopic (exact) mass is 526 g/mol. The highest BCUT2D eigenvalue weighted by molar-refractivity contribution is 7.52. The molecular formula is C21H27N4O10P. The molecule has 1 aliphatic rings. The van der Waals surface area contributed by atoms with E-state index in [4.69, 9.17) is 24.3 Å². The molecule has 0 saturated carbocycles. The van der Waals surface area contributed by atoms with Crippen molar-refractivity contribution < 1.29 is 47.7 Å². The highest BCUT2D eigenvalue weighted by Crippen LogP contribution is 2.45. The molecule has 14 nitrogen and oxygen atoms in total. The zero-order valence-corrected chi connectivity index (χ0v) is 20.5. The van der Waals surface area contributed by atoms with Crippen molar-refractivity contribution in [3.63, 3.8) is 0 Å². The van der Waals surface area contributed by atoms with Gasteiger partial charge in [0, 0.05) is 0 Å². The summed E-state index contributed by atoms with van der Waals surface area (Å²) in [6.07, 6.45) is -4.14. The molecule has 1 aromatic heterocycles. The predicted octanol–water partition coefficient (Wildman–Crippen LogP) is 0.648. The molecule has 1 unspecified atom stereocenters. The Morgan fingerprint density at radius 1 is 1.28 bits per heavy atom. The first kappa shape index (κ1) is 27.3. The Kier molecular flexibility index (Phi) is 8.48. The number of aliphatic hydroxyl groups is 1. The molecule has 0 spiro atoms. The SMILES string of the molecule is CC(C)OC(=O)[C@H](C)NP(=O)(OC[C@H]1O[C@@H](n2cnc(C(N)=O)c2O)[C@H](O)C1=O)Oc1ccccc1. The van der Waals surface area contributed by atoms with Crippen LogP contribution in [0.2, 0.25) is 0 Å². The van der Waals surface area contributed by atoms with Crippen molar-refractivity contribution in [1.29, 1.82) is 0 Å². The first-order valence-corrected chi connectivity index (χ1v) is 12.4. The topological polar surface area (TPSA) is 202 Å². The lowest BCUT2D eigenvalue weighted by Crippen LogP contribution is -2.37. The zero-order chi connectivity index (χ0) is 26.6. The second-order valence-corrected chi connectivity index (χ2v) is 9.78. The number of amides is 1. The molecule has 196 valence electrons. The minimum Gasteiger partial charge on any atom is -0.493 e. The van der Waals surface area contributed by atoms with Crippen molar-refractivity contribution in [2.24, 2.45) is 5.73 Å². The van der Waals surface area contributed by atoms with Crippen LogP contribution in [0.4, 0.5) is 0 Å². The lowest BCUT2D eigenvalue weighted by molar-refractivity contribution is -0.149. The van der Waals surface area contributed by atoms with Crippen molar-refractivity contribution in [3.8, 4) is 11.6 Å². The summed E-state index contributed by atoms with van der Waals surface area (Å²) >= 11 is 0. The third-order valence-corrected chi connectivity index (χ3v) is 6.52. The number of nitrogens with zero attached hydrogens (tertiary/aromatic N) is 2. The van der Waals surface area contributed by atoms with Crippen LogP contribution < -0.4 is 15.3 Å². The van der Waals surface area contributed by atoms with Crippen molar-refractivity contribution in [3.05, 3.63) is 42.4 Å². The Bertz CT molecular complexity index is 1150. The van der Waals surface area contributed by atoms with Gasteiger partial charge in [-0.1, -0.05) is 18.2 Å². The van der Waals surface area contributed by atoms with Gasteiger partial charge in [-0.15, -0.1) is 0 Å². The summed E-state index contributed by atoms with van der Waals surface area (Å²) in [7, 11) is -4.30. The number of rotatable bonds is 11. The lowest BCUT2D eigenvalue weighted by atomic mass is 10.2. The number of imidazole rings is 1. The van der Waals surface area contributed by atoms with Crippen LogP contribution in [0.5, 0.6) is 11.6 Å². The molecule has 3 rings (SSSR count). The number of hydrogen-bond acceptors (Lipinski definition) is 11. The van der Waals surface area contributed by atoms with Crippen LogP contribution in [-0.4, -0.2) is 68.4 Å². The van der Waals surface area contributed by atoms with E-state index in [9.17, 15) is 29.2 Å². The van der Waals surface area contributed by atoms with Gasteiger partial charge in [-0.05, 0) is 32.9 Å². The van der Waals surface area contributed by atoms with Gasteiger partial charge < -0.3 is 29.9 Å². The second-order valence-electron chi connectivity index (χ2n) is 8.08. The lowest BCUT2D eigenvalue weighted by Gasteiger charge is -2.24. The summed E-state index contributed by atoms with van der Waals surface area (Å²) in [5.74, 6) is -3.16. The highest BCUT2D eigenvalue weighted by Gasteiger charge is 2.46. The Morgan fingerprint density at radius 2 is 1.94 bits per heavy atom. The number of aromatic hydroxyl groups is 1. The fourth-order valence-corrected chi connectivity index (χ4v) is 4.69. The molecular weight excluding hydrogens is 499 g/mol. The average Bonchev–Trinajstić information content (AvgIpc) is 3.32. The smallest absolute Gasteiger partial charge is 0.459 e. The first-order chi connectivity index (χ1) is 16.9. The number of nitrogens with one attached hydrogen (secondary N) is 1. The molecule has 15 heteroatoms. The number of carbonyl (C=O) groups excluding carboxylic acids is 3. The van der Waals surface area contributed by atoms with Crippen molar-refractivity contribution in [2.75, 3.05) is 6.61 Å². The number of aliphatic hydroxyl groups excluding tert-OH is 1. The highest BCUT2D eigenvalue weighted by atomic mass is 31.2. The van der Waals surface area contributed by atoms with E-state index in [1.165, 1.54) is 19.1 Å². The van der Waals surface area contributed by atoms with Crippen LogP contribution in [0.3, 0.4) is 0 Å². The van der Waals surface area contributed by atoms with Crippen LogP contribution in [0.1, 0.15) is 37.5 Å². The molecule has 2 aromatic rings. The van der Waals surface area contributed by atoms with E-state index < -0.39 is 74.2 Å². The number of Topliss-reactive ketones (excluding diaryl/α,β-unsaturated/α-hetero) is 1. The summed E-state index contributed by atoms with van der Waals surface area (Å²) in [5.41, 5.74) is 4.63. The van der Waals surface area contributed by atoms with E-state index in [0.717, 1.165) is 10.9 Å². The molecule has 1 saturated heterocycles. The van der Waals surface area contributed by atoms with Crippen LogP contribution in [0, 0.1) is 0 Å². The van der Waals surface area contributed by atoms with E-state index in [2.05, 4.69) is 10.1 Å². The maximum absolute atomic E-state index is 13.5. The fraction of sp³-hybridized carbons (Fsp3) is 0.429. The van der Waals surface area contributed by atoms with E-state index in [1.54, 1.807) is 32.0 Å². The Morgan fingerprint density at radius 3 is 2.53 bits per heavy atom. The van der Waals surface area contributed by atoms with Gasteiger partial charge in [-0.2, -0.15) is 5.09 Å². The Hall–Kier alpha value is -3.29. The summed E-state index contributed by atoms with van der Waals surface area (Å²) in [4.78, 5) is 39.8. The van der Waals surface area contributed by atoms with Gasteiger partial charge in [0.25, 0.3) is 5.91 Å². The number of primary amides is 1. The molecule has 1 aromatic carbocycles. The maximum atomic E-state index is 13.5. The molecule has 36 heavy (non-hydrogen) atoms. The molecule has 1 amide bonds. The Balaban J connectivity index is 1.76. The summed E-state index contributed by atoms with van der Waals surface area (Å²) in [6.45, 7) is 4.03. The number of nitrogens with two attached hydrogens (primary N) is 1. The largest absolute Gasteiger partial charge is 0.493 e. The van der Waals surface area contributed by atoms with Crippen molar-refractivity contribution >= 4 is 25.4 Å². The van der Waals surface area contributed by atoms with Gasteiger partial charge in [-0.3, -0.25) is 23.5 Å². The van der Waals surface area contributed by atoms with E-state index in [0.29, 0.717) is 0 Å². The van der Waals surface area contributed by atoms with E-state index >= 15 is 0 Å². The number of ether oxygens (including phenoxy) is 2. The van der Waals surface area contributed by atoms with Crippen LogP contribution >= 0.6 is 7.75 Å². The van der Waals surface area contributed by atoms with E-state index in [-0.39, 0.29) is 5.75 Å². The molecule has 0 bridgehead atoms.